The van der Waals surface area contributed by atoms with E-state index in [9.17, 15) is 0 Å². The molecule has 0 fully saturated rings. The molecular formula is C11H21N5O. The number of hydrogen-bond acceptors (Lipinski definition) is 3. The Bertz CT molecular complexity index is 323. The summed E-state index contributed by atoms with van der Waals surface area (Å²) < 4.78 is 5.07. The molecule has 1 aromatic rings. The molecule has 0 amide bonds. The zero-order valence-electron chi connectivity index (χ0n) is 10.7. The van der Waals surface area contributed by atoms with Crippen LogP contribution in [0.1, 0.15) is 19.5 Å². The quantitative estimate of drug-likeness (QED) is 0.499. The lowest BCUT2D eigenvalue weighted by Crippen LogP contribution is -2.43. The Hall–Kier alpha value is -1.56. The van der Waals surface area contributed by atoms with Gasteiger partial charge in [0.25, 0.3) is 0 Å². The zero-order chi connectivity index (χ0) is 12.5. The summed E-state index contributed by atoms with van der Waals surface area (Å²) in [5, 5.41) is 13.2. The molecule has 1 atom stereocenters. The smallest absolute Gasteiger partial charge is 0.191 e. The summed E-state index contributed by atoms with van der Waals surface area (Å²) in [5.41, 5.74) is 0.988. The Kier molecular flexibility index (Phi) is 6.09. The average molecular weight is 239 g/mol. The van der Waals surface area contributed by atoms with Crippen molar-refractivity contribution in [2.75, 3.05) is 20.3 Å². The normalized spacial score (nSPS) is 13.5. The van der Waals surface area contributed by atoms with Crippen molar-refractivity contribution in [3.05, 3.63) is 18.0 Å². The molecule has 0 radical (unpaired) electrons. The third-order valence-corrected chi connectivity index (χ3v) is 2.11. The lowest BCUT2D eigenvalue weighted by Gasteiger charge is -2.16. The second kappa shape index (κ2) is 7.67. The van der Waals surface area contributed by atoms with Crippen LogP contribution in [0.2, 0.25) is 0 Å². The van der Waals surface area contributed by atoms with Crippen LogP contribution in [-0.2, 0) is 11.3 Å². The minimum atomic E-state index is 0.222. The summed E-state index contributed by atoms with van der Waals surface area (Å²) in [6.45, 7) is 6.14. The molecule has 0 bridgehead atoms. The van der Waals surface area contributed by atoms with E-state index in [2.05, 4.69) is 25.8 Å². The van der Waals surface area contributed by atoms with Gasteiger partial charge < -0.3 is 15.4 Å². The van der Waals surface area contributed by atoms with E-state index in [1.807, 2.05) is 19.9 Å². The molecular weight excluding hydrogens is 218 g/mol. The van der Waals surface area contributed by atoms with Crippen LogP contribution in [0.3, 0.4) is 0 Å². The molecule has 96 valence electrons. The predicted octanol–water partition coefficient (Wildman–Crippen LogP) is 0.500. The van der Waals surface area contributed by atoms with Crippen molar-refractivity contribution in [1.29, 1.82) is 0 Å². The van der Waals surface area contributed by atoms with Gasteiger partial charge in [-0.25, -0.2) is 4.99 Å². The monoisotopic (exact) mass is 239 g/mol. The third kappa shape index (κ3) is 5.35. The predicted molar refractivity (Wildman–Crippen MR) is 67.9 cm³/mol. The largest absolute Gasteiger partial charge is 0.383 e. The molecule has 1 rings (SSSR count). The standard InChI is InChI=1S/C11H21N5O/c1-4-12-11(15-9(2)8-17-3)13-7-10-5-6-14-16-10/h5-6,9H,4,7-8H2,1-3H3,(H,14,16)(H2,12,13,15). The van der Waals surface area contributed by atoms with Crippen molar-refractivity contribution < 1.29 is 4.74 Å². The Labute approximate surface area is 102 Å². The summed E-state index contributed by atoms with van der Waals surface area (Å²) in [4.78, 5) is 4.45. The number of aliphatic imine (C=N–C) groups is 1. The van der Waals surface area contributed by atoms with Crippen LogP contribution >= 0.6 is 0 Å². The number of rotatable bonds is 6. The van der Waals surface area contributed by atoms with E-state index < -0.39 is 0 Å². The molecule has 0 saturated heterocycles. The zero-order valence-corrected chi connectivity index (χ0v) is 10.7. The lowest BCUT2D eigenvalue weighted by atomic mass is 10.4. The molecule has 6 heteroatoms. The Morgan fingerprint density at radius 2 is 2.47 bits per heavy atom. The lowest BCUT2D eigenvalue weighted by molar-refractivity contribution is 0.179. The number of guanidine groups is 1. The van der Waals surface area contributed by atoms with Gasteiger partial charge in [-0.2, -0.15) is 5.10 Å². The SMILES string of the molecule is CCNC(=NCc1ccn[nH]1)NC(C)COC. The number of methoxy groups -OCH3 is 1. The Balaban J connectivity index is 2.48. The fraction of sp³-hybridized carbons (Fsp3) is 0.636. The van der Waals surface area contributed by atoms with E-state index in [0.29, 0.717) is 13.2 Å². The van der Waals surface area contributed by atoms with Gasteiger partial charge in [-0.15, -0.1) is 0 Å². The summed E-state index contributed by atoms with van der Waals surface area (Å²) >= 11 is 0. The van der Waals surface area contributed by atoms with Gasteiger partial charge in [-0.3, -0.25) is 5.10 Å². The van der Waals surface area contributed by atoms with Crippen molar-refractivity contribution in [2.24, 2.45) is 4.99 Å². The molecule has 0 aromatic carbocycles. The average Bonchev–Trinajstić information content (AvgIpc) is 2.79. The van der Waals surface area contributed by atoms with Crippen LogP contribution in [0.4, 0.5) is 0 Å². The maximum absolute atomic E-state index is 5.07. The van der Waals surface area contributed by atoms with E-state index in [0.717, 1.165) is 18.2 Å². The van der Waals surface area contributed by atoms with Gasteiger partial charge >= 0.3 is 0 Å². The van der Waals surface area contributed by atoms with Crippen LogP contribution in [0.5, 0.6) is 0 Å². The molecule has 17 heavy (non-hydrogen) atoms. The molecule has 6 nitrogen and oxygen atoms in total. The highest BCUT2D eigenvalue weighted by Gasteiger charge is 2.04. The van der Waals surface area contributed by atoms with Gasteiger partial charge in [0, 0.05) is 25.9 Å². The van der Waals surface area contributed by atoms with E-state index >= 15 is 0 Å². The highest BCUT2D eigenvalue weighted by atomic mass is 16.5. The van der Waals surface area contributed by atoms with Gasteiger partial charge in [0.05, 0.1) is 18.8 Å². The number of aromatic nitrogens is 2. The van der Waals surface area contributed by atoms with Crippen LogP contribution in [0.25, 0.3) is 0 Å². The molecule has 1 heterocycles. The second-order valence-electron chi connectivity index (χ2n) is 3.78. The summed E-state index contributed by atoms with van der Waals surface area (Å²) in [7, 11) is 1.69. The van der Waals surface area contributed by atoms with E-state index in [4.69, 9.17) is 4.74 Å². The van der Waals surface area contributed by atoms with Gasteiger partial charge in [0.1, 0.15) is 0 Å². The minimum Gasteiger partial charge on any atom is -0.383 e. The first-order chi connectivity index (χ1) is 8.26. The minimum absolute atomic E-state index is 0.222. The molecule has 3 N–H and O–H groups in total. The number of ether oxygens (including phenoxy) is 1. The van der Waals surface area contributed by atoms with Crippen LogP contribution < -0.4 is 10.6 Å². The van der Waals surface area contributed by atoms with Crippen molar-refractivity contribution >= 4 is 5.96 Å². The molecule has 0 aliphatic carbocycles. The van der Waals surface area contributed by atoms with Crippen molar-refractivity contribution in [2.45, 2.75) is 26.4 Å². The van der Waals surface area contributed by atoms with E-state index in [1.165, 1.54) is 0 Å². The molecule has 0 saturated carbocycles. The first-order valence-corrected chi connectivity index (χ1v) is 5.78. The third-order valence-electron chi connectivity index (χ3n) is 2.11. The maximum atomic E-state index is 5.07. The molecule has 0 spiro atoms. The van der Waals surface area contributed by atoms with Gasteiger partial charge in [-0.1, -0.05) is 0 Å². The fourth-order valence-electron chi connectivity index (χ4n) is 1.38. The van der Waals surface area contributed by atoms with Crippen LogP contribution in [0, 0.1) is 0 Å². The number of aromatic amines is 1. The van der Waals surface area contributed by atoms with Gasteiger partial charge in [0.2, 0.25) is 0 Å². The van der Waals surface area contributed by atoms with Crippen molar-refractivity contribution in [3.63, 3.8) is 0 Å². The maximum Gasteiger partial charge on any atom is 0.191 e. The fourth-order valence-corrected chi connectivity index (χ4v) is 1.38. The number of H-pyrrole nitrogens is 1. The number of nitrogens with zero attached hydrogens (tertiary/aromatic N) is 2. The van der Waals surface area contributed by atoms with Crippen molar-refractivity contribution in [1.82, 2.24) is 20.8 Å². The highest BCUT2D eigenvalue weighted by Crippen LogP contribution is 1.94. The summed E-state index contributed by atoms with van der Waals surface area (Å²) in [5.74, 6) is 0.784. The van der Waals surface area contributed by atoms with Crippen LogP contribution in [-0.4, -0.2) is 42.5 Å². The second-order valence-corrected chi connectivity index (χ2v) is 3.78. The van der Waals surface area contributed by atoms with Gasteiger partial charge in [0.15, 0.2) is 5.96 Å². The summed E-state index contributed by atoms with van der Waals surface area (Å²) in [6, 6.07) is 2.13. The first kappa shape index (κ1) is 13.5. The number of hydrogen-bond donors (Lipinski definition) is 3. The first-order valence-electron chi connectivity index (χ1n) is 5.78. The van der Waals surface area contributed by atoms with Crippen LogP contribution in [0.15, 0.2) is 17.3 Å². The summed E-state index contributed by atoms with van der Waals surface area (Å²) in [6.07, 6.45) is 1.72. The van der Waals surface area contributed by atoms with Gasteiger partial charge in [-0.05, 0) is 19.9 Å². The Morgan fingerprint density at radius 1 is 1.65 bits per heavy atom. The molecule has 0 aliphatic heterocycles. The van der Waals surface area contributed by atoms with E-state index in [-0.39, 0.29) is 6.04 Å². The molecule has 0 aliphatic rings. The molecule has 1 unspecified atom stereocenters. The topological polar surface area (TPSA) is 74.3 Å². The van der Waals surface area contributed by atoms with Crippen molar-refractivity contribution in [3.8, 4) is 0 Å². The number of nitrogens with one attached hydrogen (secondary N) is 3. The molecule has 1 aromatic heterocycles. The Morgan fingerprint density at radius 3 is 3.06 bits per heavy atom. The highest BCUT2D eigenvalue weighted by molar-refractivity contribution is 5.80. The van der Waals surface area contributed by atoms with E-state index in [1.54, 1.807) is 13.3 Å².